The molecule has 0 aliphatic heterocycles. The minimum absolute atomic E-state index is 0.538. The van der Waals surface area contributed by atoms with Crippen LogP contribution < -0.4 is 0 Å². The van der Waals surface area contributed by atoms with Gasteiger partial charge in [0.25, 0.3) is 0 Å². The summed E-state index contributed by atoms with van der Waals surface area (Å²) in [6.45, 7) is 0. The summed E-state index contributed by atoms with van der Waals surface area (Å²) in [7, 11) is 0. The van der Waals surface area contributed by atoms with Gasteiger partial charge in [-0.3, -0.25) is 0 Å². The summed E-state index contributed by atoms with van der Waals surface area (Å²) >= 11 is 0. The molecule has 14 heavy (non-hydrogen) atoms. The van der Waals surface area contributed by atoms with Crippen molar-refractivity contribution >= 4 is 0 Å². The molecule has 0 aromatic rings. The van der Waals surface area contributed by atoms with Crippen molar-refractivity contribution in [3.63, 3.8) is 0 Å². The van der Waals surface area contributed by atoms with Crippen LogP contribution in [-0.2, 0) is 0 Å². The van der Waals surface area contributed by atoms with E-state index in [1.807, 2.05) is 0 Å². The molecule has 2 spiro atoms. The fourth-order valence-corrected chi connectivity index (χ4v) is 4.85. The third kappa shape index (κ3) is 0.335. The highest BCUT2D eigenvalue weighted by Gasteiger charge is 2.76. The number of hydrogen-bond acceptors (Lipinski definition) is 0. The first-order chi connectivity index (χ1) is 6.89. The van der Waals surface area contributed by atoms with Gasteiger partial charge in [-0.05, 0) is 11.8 Å². The molecule has 1 fully saturated rings. The molecule has 0 radical (unpaired) electrons. The lowest BCUT2D eigenvalue weighted by Crippen LogP contribution is -2.66. The quantitative estimate of drug-likeness (QED) is 0.503. The zero-order chi connectivity index (χ0) is 8.97. The van der Waals surface area contributed by atoms with Gasteiger partial charge in [-0.1, -0.05) is 48.6 Å². The molecule has 68 valence electrons. The third-order valence-corrected chi connectivity index (χ3v) is 5.52. The molecule has 2 atom stereocenters. The summed E-state index contributed by atoms with van der Waals surface area (Å²) in [4.78, 5) is 0. The van der Waals surface area contributed by atoms with E-state index in [4.69, 9.17) is 0 Å². The molecule has 0 heterocycles. The average molecular weight is 180 g/mol. The molecule has 0 aromatic carbocycles. The van der Waals surface area contributed by atoms with Crippen molar-refractivity contribution in [1.29, 1.82) is 0 Å². The monoisotopic (exact) mass is 180 g/mol. The minimum Gasteiger partial charge on any atom is -0.0829 e. The lowest BCUT2D eigenvalue weighted by molar-refractivity contribution is -0.123. The van der Waals surface area contributed by atoms with E-state index >= 15 is 0 Å². The molecule has 0 heteroatoms. The standard InChI is InChI=1S/C14H12/c1-3-11-13(7-5-9(1)13)12-4-2-10-6-8-14(10,11)12/h1-12H/t9-,10-,11?,12?,13?,14?/m0/s1. The fourth-order valence-electron chi connectivity index (χ4n) is 4.85. The van der Waals surface area contributed by atoms with E-state index in [0.717, 1.165) is 23.7 Å². The van der Waals surface area contributed by atoms with E-state index in [9.17, 15) is 0 Å². The predicted molar refractivity (Wildman–Crippen MR) is 55.4 cm³/mol. The predicted octanol–water partition coefficient (Wildman–Crippen LogP) is 2.72. The molecule has 0 amide bonds. The highest BCUT2D eigenvalue weighted by molar-refractivity contribution is 5.54. The summed E-state index contributed by atoms with van der Waals surface area (Å²) in [6, 6.07) is 0. The maximum atomic E-state index is 2.49. The molecule has 0 aromatic heterocycles. The highest BCUT2D eigenvalue weighted by atomic mass is 14.8. The molecule has 5 aliphatic carbocycles. The van der Waals surface area contributed by atoms with Crippen LogP contribution in [0.15, 0.2) is 48.6 Å². The summed E-state index contributed by atoms with van der Waals surface area (Å²) in [5, 5.41) is 0. The van der Waals surface area contributed by atoms with Crippen molar-refractivity contribution in [1.82, 2.24) is 0 Å². The first-order valence-corrected chi connectivity index (χ1v) is 5.64. The van der Waals surface area contributed by atoms with Crippen molar-refractivity contribution in [3.8, 4) is 0 Å². The van der Waals surface area contributed by atoms with Crippen molar-refractivity contribution < 1.29 is 0 Å². The van der Waals surface area contributed by atoms with Crippen LogP contribution in [0.5, 0.6) is 0 Å². The Labute approximate surface area is 83.7 Å². The van der Waals surface area contributed by atoms with Gasteiger partial charge in [0.2, 0.25) is 0 Å². The summed E-state index contributed by atoms with van der Waals surface area (Å²) in [5.41, 5.74) is 1.08. The number of hydrogen-bond donors (Lipinski definition) is 0. The third-order valence-electron chi connectivity index (χ3n) is 5.52. The van der Waals surface area contributed by atoms with Crippen LogP contribution >= 0.6 is 0 Å². The second kappa shape index (κ2) is 1.50. The molecular formula is C14H12. The van der Waals surface area contributed by atoms with Crippen LogP contribution in [0.4, 0.5) is 0 Å². The van der Waals surface area contributed by atoms with E-state index in [-0.39, 0.29) is 0 Å². The Morgan fingerprint density at radius 2 is 1.07 bits per heavy atom. The molecule has 5 aliphatic rings. The Bertz CT molecular complexity index is 408. The Balaban J connectivity index is 1.79. The SMILES string of the molecule is C1=C[C@H]2C=CC23C1C12C=C[C@@H]1C=CC32. The normalized spacial score (nSPS) is 67.4. The van der Waals surface area contributed by atoms with Gasteiger partial charge in [0.1, 0.15) is 0 Å². The van der Waals surface area contributed by atoms with Gasteiger partial charge in [0.05, 0.1) is 0 Å². The minimum atomic E-state index is 0.538. The number of allylic oxidation sites excluding steroid dienone is 8. The highest BCUT2D eigenvalue weighted by Crippen LogP contribution is 2.81. The summed E-state index contributed by atoms with van der Waals surface area (Å²) in [6.07, 6.45) is 19.6. The van der Waals surface area contributed by atoms with Crippen molar-refractivity contribution in [2.45, 2.75) is 0 Å². The smallest absolute Gasteiger partial charge is 0.0122 e. The van der Waals surface area contributed by atoms with E-state index < -0.39 is 0 Å². The molecule has 0 unspecified atom stereocenters. The van der Waals surface area contributed by atoms with E-state index in [1.165, 1.54) is 0 Å². The van der Waals surface area contributed by atoms with E-state index in [0.29, 0.717) is 10.8 Å². The van der Waals surface area contributed by atoms with Crippen LogP contribution in [0.2, 0.25) is 0 Å². The van der Waals surface area contributed by atoms with Crippen molar-refractivity contribution in [2.75, 3.05) is 0 Å². The van der Waals surface area contributed by atoms with E-state index in [2.05, 4.69) is 48.6 Å². The molecule has 0 saturated heterocycles. The van der Waals surface area contributed by atoms with Gasteiger partial charge < -0.3 is 0 Å². The Morgan fingerprint density at radius 1 is 0.571 bits per heavy atom. The van der Waals surface area contributed by atoms with Crippen LogP contribution in [0.1, 0.15) is 0 Å². The van der Waals surface area contributed by atoms with Crippen molar-refractivity contribution in [2.24, 2.45) is 34.5 Å². The first kappa shape index (κ1) is 6.44. The molecule has 1 saturated carbocycles. The van der Waals surface area contributed by atoms with Crippen LogP contribution in [-0.4, -0.2) is 0 Å². The average Bonchev–Trinajstić information content (AvgIpc) is 2.41. The van der Waals surface area contributed by atoms with Crippen molar-refractivity contribution in [3.05, 3.63) is 48.6 Å². The lowest BCUT2D eigenvalue weighted by atomic mass is 9.32. The maximum Gasteiger partial charge on any atom is 0.0122 e. The molecule has 0 N–H and O–H groups in total. The zero-order valence-corrected chi connectivity index (χ0v) is 7.93. The Hall–Kier alpha value is -1.04. The van der Waals surface area contributed by atoms with Crippen LogP contribution in [0.25, 0.3) is 0 Å². The largest absolute Gasteiger partial charge is 0.0829 e. The summed E-state index contributed by atoms with van der Waals surface area (Å²) < 4.78 is 0. The van der Waals surface area contributed by atoms with Gasteiger partial charge in [-0.25, -0.2) is 0 Å². The fraction of sp³-hybridized carbons (Fsp3) is 0.429. The van der Waals surface area contributed by atoms with Gasteiger partial charge in [-0.2, -0.15) is 0 Å². The van der Waals surface area contributed by atoms with E-state index in [1.54, 1.807) is 0 Å². The Kier molecular flexibility index (Phi) is 0.690. The van der Waals surface area contributed by atoms with Crippen LogP contribution in [0.3, 0.4) is 0 Å². The lowest BCUT2D eigenvalue weighted by Gasteiger charge is -2.70. The van der Waals surface area contributed by atoms with Gasteiger partial charge >= 0.3 is 0 Å². The summed E-state index contributed by atoms with van der Waals surface area (Å²) in [5.74, 6) is 3.17. The van der Waals surface area contributed by atoms with Gasteiger partial charge in [0, 0.05) is 22.7 Å². The maximum absolute atomic E-state index is 2.49. The van der Waals surface area contributed by atoms with Gasteiger partial charge in [0.15, 0.2) is 0 Å². The topological polar surface area (TPSA) is 0 Å². The second-order valence-electron chi connectivity index (χ2n) is 5.49. The zero-order valence-electron chi connectivity index (χ0n) is 7.93. The number of rotatable bonds is 0. The van der Waals surface area contributed by atoms with Gasteiger partial charge in [-0.15, -0.1) is 0 Å². The first-order valence-electron chi connectivity index (χ1n) is 5.64. The molecule has 0 nitrogen and oxygen atoms in total. The molecular weight excluding hydrogens is 168 g/mol. The molecule has 0 bridgehead atoms. The molecule has 5 rings (SSSR count). The Morgan fingerprint density at radius 3 is 1.43 bits per heavy atom. The second-order valence-corrected chi connectivity index (χ2v) is 5.49. The van der Waals surface area contributed by atoms with Crippen LogP contribution in [0, 0.1) is 34.5 Å².